The number of nitrogens with zero attached hydrogens (tertiary/aromatic N) is 5. The summed E-state index contributed by atoms with van der Waals surface area (Å²) >= 11 is 3.65. The second kappa shape index (κ2) is 11.7. The summed E-state index contributed by atoms with van der Waals surface area (Å²) in [7, 11) is 5.33. The number of H-pyrrole nitrogens is 1. The van der Waals surface area contributed by atoms with E-state index in [-0.39, 0.29) is 0 Å². The van der Waals surface area contributed by atoms with Crippen LogP contribution in [0.2, 0.25) is 0 Å². The Morgan fingerprint density at radius 3 is 2.08 bits per heavy atom. The van der Waals surface area contributed by atoms with Crippen LogP contribution in [0.25, 0.3) is 45.1 Å². The molecule has 10 heteroatoms. The van der Waals surface area contributed by atoms with E-state index in [9.17, 15) is 0 Å². The van der Waals surface area contributed by atoms with Crippen molar-refractivity contribution in [2.24, 2.45) is 7.05 Å². The van der Waals surface area contributed by atoms with Crippen LogP contribution in [-0.4, -0.2) is 41.0 Å². The highest BCUT2D eigenvalue weighted by Crippen LogP contribution is 2.39. The first-order valence-corrected chi connectivity index (χ1v) is 16.7. The van der Waals surface area contributed by atoms with Crippen molar-refractivity contribution < 1.29 is 0 Å². The zero-order chi connectivity index (χ0) is 26.8. The summed E-state index contributed by atoms with van der Waals surface area (Å²) in [5.74, 6) is 3.82. The Labute approximate surface area is 243 Å². The van der Waals surface area contributed by atoms with Gasteiger partial charge in [-0.25, -0.2) is 19.9 Å². The van der Waals surface area contributed by atoms with Crippen molar-refractivity contribution in [2.45, 2.75) is 33.4 Å². The summed E-state index contributed by atoms with van der Waals surface area (Å²) in [6.07, 6.45) is 3.81. The van der Waals surface area contributed by atoms with Crippen LogP contribution in [0.15, 0.2) is 92.6 Å². The molecule has 0 spiro atoms. The molecule has 0 bridgehead atoms. The number of pyridine rings is 2. The van der Waals surface area contributed by atoms with Gasteiger partial charge >= 0.3 is 0 Å². The molecule has 0 aliphatic heterocycles. The van der Waals surface area contributed by atoms with Crippen LogP contribution in [0.3, 0.4) is 0 Å². The molecular weight excluding hydrogens is 561 g/mol. The zero-order valence-corrected chi connectivity index (χ0v) is 25.0. The molecule has 0 atom stereocenters. The van der Waals surface area contributed by atoms with Gasteiger partial charge < -0.3 is 9.55 Å². The van der Waals surface area contributed by atoms with Crippen molar-refractivity contribution in [3.63, 3.8) is 0 Å². The molecule has 0 amide bonds. The van der Waals surface area contributed by atoms with Crippen LogP contribution < -0.4 is 0 Å². The monoisotopic (exact) mass is 586 g/mol. The topological polar surface area (TPSA) is 72.3 Å². The lowest BCUT2D eigenvalue weighted by atomic mass is 10.2. The average molecular weight is 587 g/mol. The molecule has 0 aliphatic carbocycles. The molecule has 0 unspecified atom stereocenters. The molecule has 0 aliphatic rings. The van der Waals surface area contributed by atoms with Gasteiger partial charge in [0.15, 0.2) is 11.3 Å². The molecule has 6 rings (SSSR count). The van der Waals surface area contributed by atoms with Crippen molar-refractivity contribution in [2.75, 3.05) is 11.5 Å². The lowest BCUT2D eigenvalue weighted by molar-refractivity contribution is 0.936. The van der Waals surface area contributed by atoms with Crippen molar-refractivity contribution >= 4 is 67.4 Å². The minimum absolute atomic E-state index is 0.793. The first-order chi connectivity index (χ1) is 19.1. The maximum absolute atomic E-state index is 4.97. The van der Waals surface area contributed by atoms with Crippen molar-refractivity contribution in [1.82, 2.24) is 29.5 Å². The van der Waals surface area contributed by atoms with Crippen LogP contribution >= 0.6 is 45.1 Å². The fourth-order valence-corrected chi connectivity index (χ4v) is 7.80. The Kier molecular flexibility index (Phi) is 7.87. The number of thioether (sulfide) groups is 2. The van der Waals surface area contributed by atoms with Gasteiger partial charge in [0.25, 0.3) is 0 Å². The van der Waals surface area contributed by atoms with E-state index in [0.717, 1.165) is 66.4 Å². The third-order valence-electron chi connectivity index (χ3n) is 6.10. The van der Waals surface area contributed by atoms with Crippen molar-refractivity contribution in [3.05, 3.63) is 73.1 Å². The van der Waals surface area contributed by atoms with E-state index >= 15 is 0 Å². The molecule has 39 heavy (non-hydrogen) atoms. The fraction of sp³-hybridized carbons (Fsp3) is 0.172. The van der Waals surface area contributed by atoms with Gasteiger partial charge in [-0.3, -0.25) is 0 Å². The first kappa shape index (κ1) is 26.3. The van der Waals surface area contributed by atoms with Crippen LogP contribution in [0, 0.1) is 0 Å². The SMILES string of the molecule is CCSc1ccccc1-c1nc2cc(SSc3cnc4c(c3)nc(-c3ccccc3SCC)n4C)cnc2[nH]1. The van der Waals surface area contributed by atoms with E-state index in [1.54, 1.807) is 21.6 Å². The summed E-state index contributed by atoms with van der Waals surface area (Å²) < 4.78 is 2.08. The van der Waals surface area contributed by atoms with Crippen molar-refractivity contribution in [1.29, 1.82) is 0 Å². The highest BCUT2D eigenvalue weighted by molar-refractivity contribution is 8.76. The lowest BCUT2D eigenvalue weighted by Gasteiger charge is -2.07. The van der Waals surface area contributed by atoms with Gasteiger partial charge in [-0.15, -0.1) is 23.5 Å². The molecule has 0 fully saturated rings. The number of hydrogen-bond donors (Lipinski definition) is 1. The number of aryl methyl sites for hydroxylation is 1. The van der Waals surface area contributed by atoms with E-state index in [2.05, 4.69) is 83.0 Å². The molecule has 4 heterocycles. The maximum Gasteiger partial charge on any atom is 0.160 e. The smallest absolute Gasteiger partial charge is 0.160 e. The second-order valence-electron chi connectivity index (χ2n) is 8.66. The molecular formula is C29H26N6S4. The van der Waals surface area contributed by atoms with Gasteiger partial charge in [-0.05, 0) is 35.8 Å². The lowest BCUT2D eigenvalue weighted by Crippen LogP contribution is -1.95. The Morgan fingerprint density at radius 2 is 1.36 bits per heavy atom. The van der Waals surface area contributed by atoms with E-state index in [4.69, 9.17) is 15.0 Å². The number of benzene rings is 2. The van der Waals surface area contributed by atoms with Crippen LogP contribution in [0.1, 0.15) is 13.8 Å². The Hall–Kier alpha value is -2.92. The van der Waals surface area contributed by atoms with E-state index in [1.165, 1.54) is 9.79 Å². The van der Waals surface area contributed by atoms with Gasteiger partial charge in [-0.2, -0.15) is 0 Å². The van der Waals surface area contributed by atoms with Crippen LogP contribution in [-0.2, 0) is 7.05 Å². The quantitative estimate of drug-likeness (QED) is 0.133. The number of rotatable bonds is 9. The van der Waals surface area contributed by atoms with Crippen molar-refractivity contribution in [3.8, 4) is 22.8 Å². The normalized spacial score (nSPS) is 11.6. The minimum Gasteiger partial charge on any atom is -0.323 e. The molecule has 4 aromatic heterocycles. The number of aromatic nitrogens is 6. The second-order valence-corrected chi connectivity index (χ2v) is 13.5. The van der Waals surface area contributed by atoms with Gasteiger partial charge in [0.05, 0.1) is 0 Å². The number of aromatic amines is 1. The number of fused-ring (bicyclic) bond motifs is 2. The Morgan fingerprint density at radius 1 is 0.744 bits per heavy atom. The highest BCUT2D eigenvalue weighted by atomic mass is 33.1. The van der Waals surface area contributed by atoms with Gasteiger partial charge in [0, 0.05) is 50.2 Å². The summed E-state index contributed by atoms with van der Waals surface area (Å²) in [5, 5.41) is 0. The molecule has 0 saturated heterocycles. The third kappa shape index (κ3) is 5.43. The van der Waals surface area contributed by atoms with E-state index < -0.39 is 0 Å². The summed E-state index contributed by atoms with van der Waals surface area (Å²) in [6, 6.07) is 21.0. The minimum atomic E-state index is 0.793. The zero-order valence-electron chi connectivity index (χ0n) is 21.7. The van der Waals surface area contributed by atoms with Gasteiger partial charge in [0.1, 0.15) is 22.7 Å². The van der Waals surface area contributed by atoms with Crippen LogP contribution in [0.4, 0.5) is 0 Å². The molecule has 2 aromatic carbocycles. The number of nitrogens with one attached hydrogen (secondary N) is 1. The fourth-order valence-electron chi connectivity index (χ4n) is 4.37. The Bertz CT molecular complexity index is 1780. The van der Waals surface area contributed by atoms with Gasteiger partial charge in [-0.1, -0.05) is 71.8 Å². The van der Waals surface area contributed by atoms with Crippen LogP contribution in [0.5, 0.6) is 0 Å². The largest absolute Gasteiger partial charge is 0.323 e. The Balaban J connectivity index is 1.23. The first-order valence-electron chi connectivity index (χ1n) is 12.6. The standard InChI is InChI=1S/C29H26N6S4/c1-4-36-24-12-8-6-10-20(24)26-32-22-14-18(16-30-27(22)34-26)38-39-19-15-23-29(31-17-19)35(3)28(33-23)21-11-7-9-13-25(21)37-5-2/h6-17H,4-5H2,1-3H3,(H,30,32,34). The predicted octanol–water partition coefficient (Wildman–Crippen LogP) is 8.60. The molecule has 0 saturated carbocycles. The van der Waals surface area contributed by atoms with E-state index in [0.29, 0.717) is 0 Å². The molecule has 1 N–H and O–H groups in total. The summed E-state index contributed by atoms with van der Waals surface area (Å²) in [6.45, 7) is 4.33. The number of hydrogen-bond acceptors (Lipinski definition) is 8. The van der Waals surface area contributed by atoms with E-state index in [1.807, 2.05) is 49.0 Å². The number of imidazole rings is 2. The summed E-state index contributed by atoms with van der Waals surface area (Å²) in [5.41, 5.74) is 5.67. The summed E-state index contributed by atoms with van der Waals surface area (Å²) in [4.78, 5) is 27.2. The average Bonchev–Trinajstić information content (AvgIpc) is 3.53. The predicted molar refractivity (Wildman–Crippen MR) is 168 cm³/mol. The molecule has 6 nitrogen and oxygen atoms in total. The maximum atomic E-state index is 4.97. The highest BCUT2D eigenvalue weighted by Gasteiger charge is 2.15. The molecule has 0 radical (unpaired) electrons. The third-order valence-corrected chi connectivity index (χ3v) is 10.3. The molecule has 196 valence electrons. The van der Waals surface area contributed by atoms with Gasteiger partial charge in [0.2, 0.25) is 0 Å². The molecule has 6 aromatic rings.